The molecule has 0 aromatic carbocycles. The number of Topliss-reactive ketones (excluding diaryl/α,β-unsaturated/α-hetero) is 1. The number of carbonyl (C=O) groups excluding carboxylic acids is 1. The van der Waals surface area contributed by atoms with Gasteiger partial charge in [-0.15, -0.1) is 0 Å². The Morgan fingerprint density at radius 2 is 1.93 bits per heavy atom. The van der Waals surface area contributed by atoms with Gasteiger partial charge in [-0.2, -0.15) is 0 Å². The van der Waals surface area contributed by atoms with Crippen molar-refractivity contribution in [1.82, 2.24) is 4.90 Å². The van der Waals surface area contributed by atoms with Gasteiger partial charge in [0.25, 0.3) is 0 Å². The van der Waals surface area contributed by atoms with E-state index in [0.29, 0.717) is 12.2 Å². The molecule has 0 rings (SSSR count). The normalized spacial score (nSPS) is 12.9. The lowest BCUT2D eigenvalue weighted by atomic mass is 10.1. The Hall–Kier alpha value is -0.670. The summed E-state index contributed by atoms with van der Waals surface area (Å²) in [6, 6.07) is -0.174. The highest BCUT2D eigenvalue weighted by Gasteiger charge is 2.23. The lowest BCUT2D eigenvalue weighted by molar-refractivity contribution is -0.122. The number of hydrogen-bond donors (Lipinski definition) is 0. The molecule has 0 saturated heterocycles. The van der Waals surface area contributed by atoms with Crippen LogP contribution in [0.15, 0.2) is 12.2 Å². The van der Waals surface area contributed by atoms with Gasteiger partial charge in [-0.1, -0.05) is 20.4 Å². The summed E-state index contributed by atoms with van der Waals surface area (Å²) in [7, 11) is 1.61. The molecular formula is C11H21NO2. The fourth-order valence-corrected chi connectivity index (χ4v) is 1.45. The number of ether oxygens (including phenoxy) is 1. The van der Waals surface area contributed by atoms with E-state index >= 15 is 0 Å². The van der Waals surface area contributed by atoms with Crippen LogP contribution in [0.3, 0.4) is 0 Å². The van der Waals surface area contributed by atoms with E-state index in [1.54, 1.807) is 14.0 Å². The highest BCUT2D eigenvalue weighted by Crippen LogP contribution is 2.06. The second-order valence-electron chi connectivity index (χ2n) is 3.34. The summed E-state index contributed by atoms with van der Waals surface area (Å²) in [5.74, 6) is 0.0792. The van der Waals surface area contributed by atoms with Gasteiger partial charge >= 0.3 is 0 Å². The molecule has 0 aromatic rings. The molecular weight excluding hydrogens is 178 g/mol. The molecule has 0 fully saturated rings. The summed E-state index contributed by atoms with van der Waals surface area (Å²) in [6.45, 7) is 11.6. The van der Waals surface area contributed by atoms with Crippen molar-refractivity contribution in [1.29, 1.82) is 0 Å². The SMILES string of the molecule is C=C(C)C(=O)C(COC)N(CC)CC. The van der Waals surface area contributed by atoms with Crippen LogP contribution in [0.5, 0.6) is 0 Å². The Labute approximate surface area is 86.7 Å². The highest BCUT2D eigenvalue weighted by molar-refractivity contribution is 5.98. The van der Waals surface area contributed by atoms with E-state index in [1.165, 1.54) is 0 Å². The monoisotopic (exact) mass is 199 g/mol. The van der Waals surface area contributed by atoms with Crippen LogP contribution in [0.2, 0.25) is 0 Å². The quantitative estimate of drug-likeness (QED) is 0.582. The molecule has 0 heterocycles. The third kappa shape index (κ3) is 3.60. The lowest BCUT2D eigenvalue weighted by Gasteiger charge is -2.27. The molecule has 0 spiro atoms. The van der Waals surface area contributed by atoms with Gasteiger partial charge in [-0.25, -0.2) is 0 Å². The van der Waals surface area contributed by atoms with E-state index in [-0.39, 0.29) is 11.8 Å². The van der Waals surface area contributed by atoms with Crippen molar-refractivity contribution in [3.05, 3.63) is 12.2 Å². The van der Waals surface area contributed by atoms with E-state index in [9.17, 15) is 4.79 Å². The summed E-state index contributed by atoms with van der Waals surface area (Å²) < 4.78 is 5.06. The molecule has 1 unspecified atom stereocenters. The van der Waals surface area contributed by atoms with Crippen molar-refractivity contribution in [2.75, 3.05) is 26.8 Å². The number of likely N-dealkylation sites (N-methyl/N-ethyl adjacent to an activating group) is 1. The standard InChI is InChI=1S/C11H21NO2/c1-6-12(7-2)10(8-14-5)11(13)9(3)4/h10H,3,6-8H2,1-2,4-5H3. The predicted octanol–water partition coefficient (Wildman–Crippen LogP) is 1.49. The molecule has 0 aliphatic carbocycles. The first-order valence-corrected chi connectivity index (χ1v) is 5.01. The van der Waals surface area contributed by atoms with Gasteiger partial charge in [-0.3, -0.25) is 9.69 Å². The van der Waals surface area contributed by atoms with Crippen LogP contribution in [0.1, 0.15) is 20.8 Å². The fourth-order valence-electron chi connectivity index (χ4n) is 1.45. The number of methoxy groups -OCH3 is 1. The van der Waals surface area contributed by atoms with Gasteiger partial charge in [0.2, 0.25) is 0 Å². The minimum Gasteiger partial charge on any atom is -0.383 e. The van der Waals surface area contributed by atoms with Gasteiger partial charge < -0.3 is 4.74 Å². The molecule has 0 saturated carbocycles. The van der Waals surface area contributed by atoms with Crippen molar-refractivity contribution in [3.63, 3.8) is 0 Å². The van der Waals surface area contributed by atoms with E-state index in [2.05, 4.69) is 11.5 Å². The maximum absolute atomic E-state index is 11.8. The first-order valence-electron chi connectivity index (χ1n) is 5.01. The Morgan fingerprint density at radius 3 is 2.21 bits per heavy atom. The molecule has 14 heavy (non-hydrogen) atoms. The Balaban J connectivity index is 4.55. The minimum absolute atomic E-state index is 0.0792. The molecule has 0 aliphatic heterocycles. The zero-order valence-electron chi connectivity index (χ0n) is 9.67. The predicted molar refractivity (Wildman–Crippen MR) is 58.4 cm³/mol. The second-order valence-corrected chi connectivity index (χ2v) is 3.34. The van der Waals surface area contributed by atoms with Crippen LogP contribution in [-0.2, 0) is 9.53 Å². The molecule has 0 N–H and O–H groups in total. The van der Waals surface area contributed by atoms with Crippen molar-refractivity contribution in [2.45, 2.75) is 26.8 Å². The van der Waals surface area contributed by atoms with Crippen LogP contribution in [-0.4, -0.2) is 43.5 Å². The van der Waals surface area contributed by atoms with Crippen LogP contribution in [0, 0.1) is 0 Å². The summed E-state index contributed by atoms with van der Waals surface area (Å²) in [4.78, 5) is 13.9. The van der Waals surface area contributed by atoms with Crippen molar-refractivity contribution in [2.24, 2.45) is 0 Å². The highest BCUT2D eigenvalue weighted by atomic mass is 16.5. The number of hydrogen-bond acceptors (Lipinski definition) is 3. The third-order valence-electron chi connectivity index (χ3n) is 2.30. The lowest BCUT2D eigenvalue weighted by Crippen LogP contribution is -2.44. The molecule has 0 aliphatic rings. The number of rotatable bonds is 7. The van der Waals surface area contributed by atoms with E-state index in [1.807, 2.05) is 13.8 Å². The molecule has 3 nitrogen and oxygen atoms in total. The third-order valence-corrected chi connectivity index (χ3v) is 2.30. The van der Waals surface area contributed by atoms with Crippen LogP contribution in [0.4, 0.5) is 0 Å². The smallest absolute Gasteiger partial charge is 0.177 e. The number of ketones is 1. The maximum atomic E-state index is 11.8. The zero-order chi connectivity index (χ0) is 11.1. The molecule has 0 aromatic heterocycles. The molecule has 0 bridgehead atoms. The van der Waals surface area contributed by atoms with E-state index in [4.69, 9.17) is 4.74 Å². The van der Waals surface area contributed by atoms with E-state index in [0.717, 1.165) is 13.1 Å². The van der Waals surface area contributed by atoms with Gasteiger partial charge in [-0.05, 0) is 25.6 Å². The molecule has 0 radical (unpaired) electrons. The number of carbonyl (C=O) groups is 1. The molecule has 82 valence electrons. The van der Waals surface area contributed by atoms with Crippen LogP contribution in [0.25, 0.3) is 0 Å². The fraction of sp³-hybridized carbons (Fsp3) is 0.727. The summed E-state index contributed by atoms with van der Waals surface area (Å²) in [6.07, 6.45) is 0. The van der Waals surface area contributed by atoms with Crippen LogP contribution >= 0.6 is 0 Å². The average Bonchev–Trinajstić information content (AvgIpc) is 2.17. The van der Waals surface area contributed by atoms with Gasteiger partial charge in [0.05, 0.1) is 12.6 Å². The topological polar surface area (TPSA) is 29.5 Å². The molecule has 1 atom stereocenters. The second kappa shape index (κ2) is 6.74. The zero-order valence-corrected chi connectivity index (χ0v) is 9.67. The number of nitrogens with zero attached hydrogens (tertiary/aromatic N) is 1. The minimum atomic E-state index is -0.174. The van der Waals surface area contributed by atoms with Crippen molar-refractivity contribution in [3.8, 4) is 0 Å². The van der Waals surface area contributed by atoms with Crippen molar-refractivity contribution >= 4 is 5.78 Å². The first kappa shape index (κ1) is 13.3. The van der Waals surface area contributed by atoms with Gasteiger partial charge in [0.15, 0.2) is 5.78 Å². The van der Waals surface area contributed by atoms with Crippen LogP contribution < -0.4 is 0 Å². The average molecular weight is 199 g/mol. The van der Waals surface area contributed by atoms with Gasteiger partial charge in [0, 0.05) is 7.11 Å². The summed E-state index contributed by atoms with van der Waals surface area (Å²) in [5.41, 5.74) is 0.596. The van der Waals surface area contributed by atoms with Gasteiger partial charge in [0.1, 0.15) is 0 Å². The van der Waals surface area contributed by atoms with E-state index < -0.39 is 0 Å². The summed E-state index contributed by atoms with van der Waals surface area (Å²) in [5, 5.41) is 0. The first-order chi connectivity index (χ1) is 6.58. The Bertz CT molecular complexity index is 197. The molecule has 0 amide bonds. The summed E-state index contributed by atoms with van der Waals surface area (Å²) >= 11 is 0. The Morgan fingerprint density at radius 1 is 1.43 bits per heavy atom. The Kier molecular flexibility index (Phi) is 6.41. The van der Waals surface area contributed by atoms with Crippen molar-refractivity contribution < 1.29 is 9.53 Å². The largest absolute Gasteiger partial charge is 0.383 e. The maximum Gasteiger partial charge on any atom is 0.177 e. The molecule has 3 heteroatoms.